The van der Waals surface area contributed by atoms with Crippen LogP contribution < -0.4 is 10.6 Å². The highest BCUT2D eigenvalue weighted by Crippen LogP contribution is 2.22. The zero-order valence-corrected chi connectivity index (χ0v) is 13.3. The van der Waals surface area contributed by atoms with Crippen LogP contribution in [0, 0.1) is 10.1 Å². The molecule has 2 aromatic rings. The van der Waals surface area contributed by atoms with Crippen molar-refractivity contribution >= 4 is 17.3 Å². The van der Waals surface area contributed by atoms with Gasteiger partial charge in [-0.15, -0.1) is 0 Å². The Hall–Kier alpha value is -2.98. The fourth-order valence-corrected chi connectivity index (χ4v) is 2.11. The molecule has 1 aromatic heterocycles. The summed E-state index contributed by atoms with van der Waals surface area (Å²) >= 11 is 0. The molecule has 1 unspecified atom stereocenters. The molecule has 0 bridgehead atoms. The molecule has 25 heavy (non-hydrogen) atoms. The van der Waals surface area contributed by atoms with E-state index in [2.05, 4.69) is 15.7 Å². The molecule has 0 fully saturated rings. The molecule has 0 radical (unpaired) electrons. The van der Waals surface area contributed by atoms with Crippen LogP contribution in [0.25, 0.3) is 0 Å². The number of hydrogen-bond donors (Lipinski definition) is 4. The van der Waals surface area contributed by atoms with Gasteiger partial charge in [-0.2, -0.15) is 5.10 Å². The third-order valence-electron chi connectivity index (χ3n) is 3.33. The van der Waals surface area contributed by atoms with Crippen molar-refractivity contribution in [2.75, 3.05) is 25.0 Å². The fraction of sp³-hybridized carbons (Fsp3) is 0.333. The first-order valence-corrected chi connectivity index (χ1v) is 7.58. The molecule has 0 saturated heterocycles. The van der Waals surface area contributed by atoms with E-state index < -0.39 is 17.6 Å². The highest BCUT2D eigenvalue weighted by Gasteiger charge is 2.12. The van der Waals surface area contributed by atoms with Gasteiger partial charge in [0, 0.05) is 25.4 Å². The molecule has 2 rings (SSSR count). The van der Waals surface area contributed by atoms with Gasteiger partial charge in [0.05, 0.1) is 35.9 Å². The number of amides is 1. The molecule has 0 aliphatic carbocycles. The number of hydrogen-bond acceptors (Lipinski definition) is 7. The van der Waals surface area contributed by atoms with Crippen molar-refractivity contribution in [3.63, 3.8) is 0 Å². The SMILES string of the molecule is O=C(NCCNc1ccccc1[N+](=O)[O-])c1cnn(CC(O)CO)c1. The van der Waals surface area contributed by atoms with Crippen LogP contribution in [0.1, 0.15) is 10.4 Å². The molecule has 0 spiro atoms. The van der Waals surface area contributed by atoms with Gasteiger partial charge < -0.3 is 20.8 Å². The highest BCUT2D eigenvalue weighted by molar-refractivity contribution is 5.93. The first-order chi connectivity index (χ1) is 12.0. The van der Waals surface area contributed by atoms with Crippen molar-refractivity contribution in [1.29, 1.82) is 0 Å². The van der Waals surface area contributed by atoms with E-state index in [4.69, 9.17) is 5.11 Å². The minimum Gasteiger partial charge on any atom is -0.394 e. The van der Waals surface area contributed by atoms with E-state index in [-0.39, 0.29) is 24.7 Å². The summed E-state index contributed by atoms with van der Waals surface area (Å²) in [6.45, 7) is 0.269. The van der Waals surface area contributed by atoms with Gasteiger partial charge >= 0.3 is 0 Å². The van der Waals surface area contributed by atoms with E-state index >= 15 is 0 Å². The molecule has 0 aliphatic rings. The lowest BCUT2D eigenvalue weighted by atomic mass is 10.2. The summed E-state index contributed by atoms with van der Waals surface area (Å²) in [5.74, 6) is -0.353. The average molecular weight is 349 g/mol. The molecular weight excluding hydrogens is 330 g/mol. The van der Waals surface area contributed by atoms with Crippen LogP contribution in [-0.2, 0) is 6.54 Å². The number of para-hydroxylation sites is 2. The van der Waals surface area contributed by atoms with E-state index in [1.165, 1.54) is 23.1 Å². The standard InChI is InChI=1S/C15H19N5O5/c21-10-12(22)9-19-8-11(7-18-19)15(23)17-6-5-16-13-3-1-2-4-14(13)20(24)25/h1-4,7-8,12,16,21-22H,5-6,9-10H2,(H,17,23). The molecular formula is C15H19N5O5. The first kappa shape index (κ1) is 18.4. The largest absolute Gasteiger partial charge is 0.394 e. The normalized spacial score (nSPS) is 11.8. The Balaban J connectivity index is 1.80. The maximum Gasteiger partial charge on any atom is 0.292 e. The second kappa shape index (κ2) is 8.76. The lowest BCUT2D eigenvalue weighted by Crippen LogP contribution is -2.28. The summed E-state index contributed by atoms with van der Waals surface area (Å²) in [5.41, 5.74) is 0.668. The summed E-state index contributed by atoms with van der Waals surface area (Å²) in [6.07, 6.45) is 1.88. The number of nitro groups is 1. The van der Waals surface area contributed by atoms with Crippen LogP contribution in [0.2, 0.25) is 0 Å². The monoisotopic (exact) mass is 349 g/mol. The van der Waals surface area contributed by atoms with Gasteiger partial charge in [0.1, 0.15) is 5.69 Å². The van der Waals surface area contributed by atoms with E-state index in [1.807, 2.05) is 0 Å². The Morgan fingerprint density at radius 2 is 2.12 bits per heavy atom. The maximum absolute atomic E-state index is 12.0. The number of carbonyl (C=O) groups excluding carboxylic acids is 1. The molecule has 4 N–H and O–H groups in total. The van der Waals surface area contributed by atoms with Crippen molar-refractivity contribution in [3.05, 3.63) is 52.3 Å². The van der Waals surface area contributed by atoms with Gasteiger partial charge in [-0.05, 0) is 6.07 Å². The molecule has 0 saturated carbocycles. The van der Waals surface area contributed by atoms with E-state index in [9.17, 15) is 20.0 Å². The molecule has 10 nitrogen and oxygen atoms in total. The van der Waals surface area contributed by atoms with E-state index in [1.54, 1.807) is 18.2 Å². The molecule has 1 aromatic carbocycles. The zero-order chi connectivity index (χ0) is 18.2. The fourth-order valence-electron chi connectivity index (χ4n) is 2.11. The molecule has 1 heterocycles. The first-order valence-electron chi connectivity index (χ1n) is 7.58. The summed E-state index contributed by atoms with van der Waals surface area (Å²) < 4.78 is 1.36. The zero-order valence-electron chi connectivity index (χ0n) is 13.3. The smallest absolute Gasteiger partial charge is 0.292 e. The Kier molecular flexibility index (Phi) is 6.43. The van der Waals surface area contributed by atoms with Gasteiger partial charge in [0.25, 0.3) is 11.6 Å². The van der Waals surface area contributed by atoms with Crippen molar-refractivity contribution in [2.45, 2.75) is 12.6 Å². The Morgan fingerprint density at radius 3 is 2.84 bits per heavy atom. The molecule has 1 atom stereocenters. The van der Waals surface area contributed by atoms with Gasteiger partial charge in [-0.3, -0.25) is 19.6 Å². The number of rotatable bonds is 9. The van der Waals surface area contributed by atoms with Crippen LogP contribution in [0.5, 0.6) is 0 Å². The lowest BCUT2D eigenvalue weighted by molar-refractivity contribution is -0.384. The quantitative estimate of drug-likeness (QED) is 0.283. The molecule has 134 valence electrons. The van der Waals surface area contributed by atoms with Gasteiger partial charge in [-0.1, -0.05) is 12.1 Å². The topological polar surface area (TPSA) is 143 Å². The van der Waals surface area contributed by atoms with Crippen LogP contribution in [0.3, 0.4) is 0 Å². The number of nitro benzene ring substituents is 1. The Morgan fingerprint density at radius 1 is 1.36 bits per heavy atom. The molecule has 10 heteroatoms. The molecule has 0 aliphatic heterocycles. The van der Waals surface area contributed by atoms with Crippen molar-refractivity contribution < 1.29 is 19.9 Å². The van der Waals surface area contributed by atoms with Gasteiger partial charge in [0.2, 0.25) is 0 Å². The minimum absolute atomic E-state index is 0.0301. The summed E-state index contributed by atoms with van der Waals surface area (Å²) in [7, 11) is 0. The van der Waals surface area contributed by atoms with E-state index in [0.717, 1.165) is 0 Å². The summed E-state index contributed by atoms with van der Waals surface area (Å²) in [5, 5.41) is 38.5. The highest BCUT2D eigenvalue weighted by atomic mass is 16.6. The molecule has 1 amide bonds. The number of nitrogens with zero attached hydrogens (tertiary/aromatic N) is 3. The average Bonchev–Trinajstić information content (AvgIpc) is 3.07. The van der Waals surface area contributed by atoms with Crippen molar-refractivity contribution in [3.8, 4) is 0 Å². The second-order valence-electron chi connectivity index (χ2n) is 5.24. The van der Waals surface area contributed by atoms with Gasteiger partial charge in [0.15, 0.2) is 0 Å². The van der Waals surface area contributed by atoms with Crippen molar-refractivity contribution in [1.82, 2.24) is 15.1 Å². The minimum atomic E-state index is -0.943. The van der Waals surface area contributed by atoms with Crippen molar-refractivity contribution in [2.24, 2.45) is 0 Å². The van der Waals surface area contributed by atoms with Crippen LogP contribution in [0.4, 0.5) is 11.4 Å². The number of nitrogens with one attached hydrogen (secondary N) is 2. The predicted molar refractivity (Wildman–Crippen MR) is 89.2 cm³/mol. The maximum atomic E-state index is 12.0. The van der Waals surface area contributed by atoms with Crippen LogP contribution >= 0.6 is 0 Å². The van der Waals surface area contributed by atoms with E-state index in [0.29, 0.717) is 17.8 Å². The van der Waals surface area contributed by atoms with Gasteiger partial charge in [-0.25, -0.2) is 0 Å². The third kappa shape index (κ3) is 5.26. The Bertz CT molecular complexity index is 733. The Labute approximate surface area is 143 Å². The number of benzene rings is 1. The van der Waals surface area contributed by atoms with Crippen LogP contribution in [0.15, 0.2) is 36.7 Å². The summed E-state index contributed by atoms with van der Waals surface area (Å²) in [4.78, 5) is 22.4. The number of anilines is 1. The number of carbonyl (C=O) groups is 1. The predicted octanol–water partition coefficient (Wildman–Crippen LogP) is -0.0136. The number of aliphatic hydroxyl groups is 2. The number of aliphatic hydroxyl groups excluding tert-OH is 2. The van der Waals surface area contributed by atoms with Crippen LogP contribution in [-0.4, -0.2) is 56.6 Å². The summed E-state index contributed by atoms with van der Waals surface area (Å²) in [6, 6.07) is 6.26. The third-order valence-corrected chi connectivity index (χ3v) is 3.33. The lowest BCUT2D eigenvalue weighted by Gasteiger charge is -2.08. The number of aromatic nitrogens is 2. The second-order valence-corrected chi connectivity index (χ2v) is 5.24.